The molecule has 1 aliphatic heterocycles. The van der Waals surface area contributed by atoms with Crippen molar-refractivity contribution < 1.29 is 9.59 Å². The van der Waals surface area contributed by atoms with Gasteiger partial charge in [0.2, 0.25) is 11.8 Å². The normalized spacial score (nSPS) is 14.5. The number of rotatable bonds is 6. The van der Waals surface area contributed by atoms with Gasteiger partial charge in [-0.2, -0.15) is 5.10 Å². The van der Waals surface area contributed by atoms with Crippen molar-refractivity contribution in [3.63, 3.8) is 0 Å². The molecule has 0 saturated carbocycles. The number of amides is 2. The Balaban J connectivity index is 1.84. The Kier molecular flexibility index (Phi) is 6.53. The highest BCUT2D eigenvalue weighted by Gasteiger charge is 2.22. The lowest BCUT2D eigenvalue weighted by Crippen LogP contribution is -2.36. The van der Waals surface area contributed by atoms with Gasteiger partial charge in [-0.1, -0.05) is 32.0 Å². The molecule has 0 radical (unpaired) electrons. The van der Waals surface area contributed by atoms with E-state index < -0.39 is 0 Å². The van der Waals surface area contributed by atoms with Gasteiger partial charge < -0.3 is 4.90 Å². The van der Waals surface area contributed by atoms with Crippen LogP contribution in [-0.2, 0) is 16.0 Å². The van der Waals surface area contributed by atoms with E-state index in [2.05, 4.69) is 30.4 Å². The standard InChI is InChI=1S/C19H27N3O2/c1-14(2)13-15(3)20-21-18(23)10-11-19(24)22-12-6-8-16-7-4-5-9-17(16)22/h4-5,7,9,14H,6,8,10-13H2,1-3H3,(H,21,23). The minimum Gasteiger partial charge on any atom is -0.312 e. The zero-order valence-corrected chi connectivity index (χ0v) is 14.8. The second-order valence-corrected chi connectivity index (χ2v) is 6.76. The molecule has 0 bridgehead atoms. The van der Waals surface area contributed by atoms with Crippen LogP contribution in [0.15, 0.2) is 29.4 Å². The molecule has 0 aliphatic carbocycles. The molecule has 0 unspecified atom stereocenters. The lowest BCUT2D eigenvalue weighted by Gasteiger charge is -2.29. The quantitative estimate of drug-likeness (QED) is 0.643. The largest absolute Gasteiger partial charge is 0.312 e. The number of carbonyl (C=O) groups is 2. The SMILES string of the molecule is CC(CC(C)C)=NNC(=O)CCC(=O)N1CCCc2ccccc21. The van der Waals surface area contributed by atoms with Crippen molar-refractivity contribution in [2.24, 2.45) is 11.0 Å². The third kappa shape index (κ3) is 5.18. The molecule has 0 atom stereocenters. The van der Waals surface area contributed by atoms with E-state index in [4.69, 9.17) is 0 Å². The van der Waals surface area contributed by atoms with Crippen molar-refractivity contribution in [2.75, 3.05) is 11.4 Å². The molecule has 1 heterocycles. The van der Waals surface area contributed by atoms with Crippen molar-refractivity contribution in [1.82, 2.24) is 5.43 Å². The van der Waals surface area contributed by atoms with Crippen molar-refractivity contribution in [2.45, 2.75) is 52.9 Å². The van der Waals surface area contributed by atoms with Crippen molar-refractivity contribution in [3.05, 3.63) is 29.8 Å². The highest BCUT2D eigenvalue weighted by atomic mass is 16.2. The molecule has 5 heteroatoms. The van der Waals surface area contributed by atoms with Gasteiger partial charge in [-0.15, -0.1) is 0 Å². The summed E-state index contributed by atoms with van der Waals surface area (Å²) in [5.41, 5.74) is 5.63. The van der Waals surface area contributed by atoms with E-state index in [9.17, 15) is 9.59 Å². The monoisotopic (exact) mass is 329 g/mol. The second kappa shape index (κ2) is 8.62. The molecule has 24 heavy (non-hydrogen) atoms. The number of carbonyl (C=O) groups excluding carboxylic acids is 2. The van der Waals surface area contributed by atoms with Gasteiger partial charge in [-0.25, -0.2) is 5.43 Å². The summed E-state index contributed by atoms with van der Waals surface area (Å²) >= 11 is 0. The number of fused-ring (bicyclic) bond motifs is 1. The number of nitrogens with zero attached hydrogens (tertiary/aromatic N) is 2. The number of hydrogen-bond acceptors (Lipinski definition) is 3. The molecule has 1 aromatic rings. The van der Waals surface area contributed by atoms with Gasteiger partial charge in [0.1, 0.15) is 0 Å². The van der Waals surface area contributed by atoms with Gasteiger partial charge in [0.25, 0.3) is 0 Å². The summed E-state index contributed by atoms with van der Waals surface area (Å²) in [4.78, 5) is 26.1. The average molecular weight is 329 g/mol. The van der Waals surface area contributed by atoms with Gasteiger partial charge in [0, 0.05) is 30.8 Å². The Labute approximate surface area is 144 Å². The van der Waals surface area contributed by atoms with Gasteiger partial charge in [-0.3, -0.25) is 9.59 Å². The summed E-state index contributed by atoms with van der Waals surface area (Å²) in [5.74, 6) is 0.295. The Bertz CT molecular complexity index is 623. The Morgan fingerprint density at radius 3 is 2.75 bits per heavy atom. The third-order valence-corrected chi connectivity index (χ3v) is 4.05. The first-order chi connectivity index (χ1) is 11.5. The fraction of sp³-hybridized carbons (Fsp3) is 0.526. The van der Waals surface area contributed by atoms with Gasteiger partial charge >= 0.3 is 0 Å². The minimum atomic E-state index is -0.211. The number of anilines is 1. The van der Waals surface area contributed by atoms with E-state index in [1.54, 1.807) is 4.90 Å². The lowest BCUT2D eigenvalue weighted by atomic mass is 10.0. The van der Waals surface area contributed by atoms with E-state index in [0.29, 0.717) is 5.92 Å². The Morgan fingerprint density at radius 2 is 2.00 bits per heavy atom. The van der Waals surface area contributed by atoms with Gasteiger partial charge in [0.05, 0.1) is 0 Å². The number of aryl methyl sites for hydroxylation is 1. The molecule has 0 saturated heterocycles. The third-order valence-electron chi connectivity index (χ3n) is 4.05. The zero-order valence-electron chi connectivity index (χ0n) is 14.8. The lowest BCUT2D eigenvalue weighted by molar-refractivity contribution is -0.125. The smallest absolute Gasteiger partial charge is 0.240 e. The second-order valence-electron chi connectivity index (χ2n) is 6.76. The first-order valence-corrected chi connectivity index (χ1v) is 8.67. The molecule has 1 aromatic carbocycles. The van der Waals surface area contributed by atoms with E-state index in [1.165, 1.54) is 5.56 Å². The molecule has 130 valence electrons. The highest BCUT2D eigenvalue weighted by molar-refractivity contribution is 5.96. The summed E-state index contributed by atoms with van der Waals surface area (Å²) in [6, 6.07) is 7.99. The van der Waals surface area contributed by atoms with Crippen LogP contribution < -0.4 is 10.3 Å². The van der Waals surface area contributed by atoms with Gasteiger partial charge in [0.15, 0.2) is 0 Å². The molecule has 1 aliphatic rings. The zero-order chi connectivity index (χ0) is 17.5. The summed E-state index contributed by atoms with van der Waals surface area (Å²) in [6.45, 7) is 6.84. The van der Waals surface area contributed by atoms with Crippen LogP contribution in [0.1, 0.15) is 52.0 Å². The molecule has 2 rings (SSSR count). The average Bonchev–Trinajstić information content (AvgIpc) is 2.56. The molecule has 0 spiro atoms. The molecule has 0 fully saturated rings. The topological polar surface area (TPSA) is 61.8 Å². The minimum absolute atomic E-state index is 0.000168. The predicted octanol–water partition coefficient (Wildman–Crippen LogP) is 3.28. The van der Waals surface area contributed by atoms with Crippen LogP contribution in [0.4, 0.5) is 5.69 Å². The Morgan fingerprint density at radius 1 is 1.25 bits per heavy atom. The summed E-state index contributed by atoms with van der Waals surface area (Å²) < 4.78 is 0. The van der Waals surface area contributed by atoms with Crippen LogP contribution in [0, 0.1) is 5.92 Å². The summed E-state index contributed by atoms with van der Waals surface area (Å²) in [5, 5.41) is 4.08. The maximum atomic E-state index is 12.5. The summed E-state index contributed by atoms with van der Waals surface area (Å²) in [6.07, 6.45) is 3.19. The van der Waals surface area contributed by atoms with Crippen LogP contribution in [0.3, 0.4) is 0 Å². The van der Waals surface area contributed by atoms with E-state index in [1.807, 2.05) is 25.1 Å². The fourth-order valence-corrected chi connectivity index (χ4v) is 3.00. The van der Waals surface area contributed by atoms with E-state index in [-0.39, 0.29) is 24.7 Å². The first kappa shape index (κ1) is 18.2. The molecular weight excluding hydrogens is 302 g/mol. The number of para-hydroxylation sites is 1. The first-order valence-electron chi connectivity index (χ1n) is 8.67. The van der Waals surface area contributed by atoms with Gasteiger partial charge in [-0.05, 0) is 43.7 Å². The van der Waals surface area contributed by atoms with Crippen LogP contribution in [0.2, 0.25) is 0 Å². The summed E-state index contributed by atoms with van der Waals surface area (Å²) in [7, 11) is 0. The van der Waals surface area contributed by atoms with Crippen molar-refractivity contribution in [1.29, 1.82) is 0 Å². The van der Waals surface area contributed by atoms with E-state index in [0.717, 1.165) is 37.2 Å². The highest BCUT2D eigenvalue weighted by Crippen LogP contribution is 2.27. The fourth-order valence-electron chi connectivity index (χ4n) is 3.00. The van der Waals surface area contributed by atoms with Crippen LogP contribution in [0.25, 0.3) is 0 Å². The van der Waals surface area contributed by atoms with Crippen molar-refractivity contribution in [3.8, 4) is 0 Å². The number of nitrogens with one attached hydrogen (secondary N) is 1. The number of hydrogen-bond donors (Lipinski definition) is 1. The molecule has 5 nitrogen and oxygen atoms in total. The maximum Gasteiger partial charge on any atom is 0.240 e. The predicted molar refractivity (Wildman–Crippen MR) is 97.1 cm³/mol. The maximum absolute atomic E-state index is 12.5. The van der Waals surface area contributed by atoms with Crippen LogP contribution >= 0.6 is 0 Å². The molecule has 1 N–H and O–H groups in total. The molecular formula is C19H27N3O2. The molecule has 2 amide bonds. The van der Waals surface area contributed by atoms with Crippen molar-refractivity contribution >= 4 is 23.2 Å². The molecule has 0 aromatic heterocycles. The van der Waals surface area contributed by atoms with Crippen LogP contribution in [0.5, 0.6) is 0 Å². The Hall–Kier alpha value is -2.17. The number of benzene rings is 1. The number of hydrazone groups is 1. The van der Waals surface area contributed by atoms with E-state index >= 15 is 0 Å². The van der Waals surface area contributed by atoms with Crippen LogP contribution in [-0.4, -0.2) is 24.1 Å².